The molecule has 1 N–H and O–H groups in total. The molecule has 2 amide bonds. The van der Waals surface area contributed by atoms with Gasteiger partial charge in [-0.15, -0.1) is 5.10 Å². The summed E-state index contributed by atoms with van der Waals surface area (Å²) < 4.78 is 16.9. The van der Waals surface area contributed by atoms with Crippen LogP contribution in [-0.4, -0.2) is 34.5 Å². The summed E-state index contributed by atoms with van der Waals surface area (Å²) >= 11 is 1.04. The van der Waals surface area contributed by atoms with Crippen molar-refractivity contribution in [1.29, 1.82) is 0 Å². The van der Waals surface area contributed by atoms with Crippen LogP contribution < -0.4 is 10.2 Å². The van der Waals surface area contributed by atoms with E-state index >= 15 is 0 Å². The summed E-state index contributed by atoms with van der Waals surface area (Å²) in [5, 5.41) is 8.07. The second-order valence-corrected chi connectivity index (χ2v) is 6.35. The zero-order valence-corrected chi connectivity index (χ0v) is 15.2. The van der Waals surface area contributed by atoms with Crippen molar-refractivity contribution in [3.63, 3.8) is 0 Å². The topological polar surface area (TPSA) is 75.2 Å². The van der Waals surface area contributed by atoms with Crippen molar-refractivity contribution in [2.75, 3.05) is 18.0 Å². The van der Waals surface area contributed by atoms with E-state index in [1.165, 1.54) is 34.5 Å². The Kier molecular flexibility index (Phi) is 6.22. The lowest BCUT2D eigenvalue weighted by atomic mass is 10.1. The van der Waals surface area contributed by atoms with E-state index in [1.54, 1.807) is 0 Å². The second-order valence-electron chi connectivity index (χ2n) is 5.74. The van der Waals surface area contributed by atoms with Crippen molar-refractivity contribution in [2.24, 2.45) is 0 Å². The lowest BCUT2D eigenvalue weighted by Crippen LogP contribution is -2.41. The number of nitrogens with zero attached hydrogens (tertiary/aromatic N) is 3. The number of carbonyl (C=O) groups is 2. The van der Waals surface area contributed by atoms with Crippen LogP contribution in [0.3, 0.4) is 0 Å². The van der Waals surface area contributed by atoms with Gasteiger partial charge in [-0.3, -0.25) is 14.5 Å². The number of amides is 2. The van der Waals surface area contributed by atoms with Gasteiger partial charge < -0.3 is 5.32 Å². The highest BCUT2D eigenvalue weighted by molar-refractivity contribution is 7.03. The Bertz CT molecular complexity index is 886. The van der Waals surface area contributed by atoms with Gasteiger partial charge in [0.2, 0.25) is 5.91 Å². The molecule has 0 aliphatic carbocycles. The molecule has 1 aromatic heterocycles. The molecule has 1 heterocycles. The van der Waals surface area contributed by atoms with E-state index < -0.39 is 11.7 Å². The van der Waals surface area contributed by atoms with Crippen LogP contribution in [0.15, 0.2) is 60.0 Å². The third-order valence-electron chi connectivity index (χ3n) is 3.84. The van der Waals surface area contributed by atoms with Gasteiger partial charge in [-0.2, -0.15) is 0 Å². The van der Waals surface area contributed by atoms with Gasteiger partial charge in [0.1, 0.15) is 12.4 Å². The molecule has 0 bridgehead atoms. The van der Waals surface area contributed by atoms with Gasteiger partial charge in [0.25, 0.3) is 5.91 Å². The van der Waals surface area contributed by atoms with Crippen LogP contribution in [0.2, 0.25) is 0 Å². The number of nitrogens with one attached hydrogen (secondary N) is 1. The number of hydrogen-bond donors (Lipinski definition) is 1. The van der Waals surface area contributed by atoms with Gasteiger partial charge in [-0.05, 0) is 47.8 Å². The standard InChI is InChI=1S/C19H17FN4O2S/c20-15-6-8-16(9-7-15)24(19(26)17-13-27-23-22-17)12-18(25)21-11-10-14-4-2-1-3-5-14/h1-9,13H,10-12H2,(H,21,25). The Hall–Kier alpha value is -3.13. The summed E-state index contributed by atoms with van der Waals surface area (Å²) in [6, 6.07) is 15.1. The number of aromatic nitrogens is 2. The maximum atomic E-state index is 13.2. The van der Waals surface area contributed by atoms with Crippen molar-refractivity contribution in [3.05, 3.63) is 77.1 Å². The van der Waals surface area contributed by atoms with Gasteiger partial charge in [-0.1, -0.05) is 34.8 Å². The van der Waals surface area contributed by atoms with E-state index in [-0.39, 0.29) is 18.1 Å². The largest absolute Gasteiger partial charge is 0.354 e. The van der Waals surface area contributed by atoms with Gasteiger partial charge >= 0.3 is 0 Å². The first-order chi connectivity index (χ1) is 13.1. The van der Waals surface area contributed by atoms with E-state index in [9.17, 15) is 14.0 Å². The number of halogens is 1. The van der Waals surface area contributed by atoms with Crippen molar-refractivity contribution in [2.45, 2.75) is 6.42 Å². The fraction of sp³-hybridized carbons (Fsp3) is 0.158. The summed E-state index contributed by atoms with van der Waals surface area (Å²) in [7, 11) is 0. The molecule has 8 heteroatoms. The first kappa shape index (κ1) is 18.7. The average molecular weight is 384 g/mol. The molecule has 0 unspecified atom stereocenters. The molecule has 2 aromatic carbocycles. The maximum Gasteiger partial charge on any atom is 0.280 e. The molecule has 3 rings (SSSR count). The van der Waals surface area contributed by atoms with Crippen molar-refractivity contribution < 1.29 is 14.0 Å². The highest BCUT2D eigenvalue weighted by Crippen LogP contribution is 2.17. The van der Waals surface area contributed by atoms with E-state index in [4.69, 9.17) is 0 Å². The third-order valence-corrected chi connectivity index (χ3v) is 4.35. The highest BCUT2D eigenvalue weighted by atomic mass is 32.1. The zero-order chi connectivity index (χ0) is 19.1. The minimum absolute atomic E-state index is 0.140. The van der Waals surface area contributed by atoms with E-state index in [1.807, 2.05) is 30.3 Å². The molecular formula is C19H17FN4O2S. The van der Waals surface area contributed by atoms with Gasteiger partial charge in [0.15, 0.2) is 5.69 Å². The normalized spacial score (nSPS) is 10.4. The summed E-state index contributed by atoms with van der Waals surface area (Å²) in [5.41, 5.74) is 1.66. The van der Waals surface area contributed by atoms with Gasteiger partial charge in [0, 0.05) is 17.6 Å². The predicted molar refractivity (Wildman–Crippen MR) is 101 cm³/mol. The second kappa shape index (κ2) is 9.00. The van der Waals surface area contributed by atoms with Crippen molar-refractivity contribution in [3.8, 4) is 0 Å². The van der Waals surface area contributed by atoms with Crippen LogP contribution in [0, 0.1) is 5.82 Å². The van der Waals surface area contributed by atoms with Crippen LogP contribution in [0.1, 0.15) is 16.1 Å². The molecule has 0 aliphatic heterocycles. The quantitative estimate of drug-likeness (QED) is 0.680. The van der Waals surface area contributed by atoms with Crippen LogP contribution in [0.4, 0.5) is 10.1 Å². The van der Waals surface area contributed by atoms with Crippen molar-refractivity contribution in [1.82, 2.24) is 14.9 Å². The Morgan fingerprint density at radius 2 is 1.81 bits per heavy atom. The molecule has 138 valence electrons. The van der Waals surface area contributed by atoms with Crippen LogP contribution in [0.5, 0.6) is 0 Å². The van der Waals surface area contributed by atoms with Crippen molar-refractivity contribution >= 4 is 29.0 Å². The molecule has 27 heavy (non-hydrogen) atoms. The third kappa shape index (κ3) is 5.18. The fourth-order valence-corrected chi connectivity index (χ4v) is 2.92. The molecule has 0 saturated carbocycles. The molecule has 0 radical (unpaired) electrons. The highest BCUT2D eigenvalue weighted by Gasteiger charge is 2.22. The summed E-state index contributed by atoms with van der Waals surface area (Å²) in [6.45, 7) is 0.253. The lowest BCUT2D eigenvalue weighted by Gasteiger charge is -2.21. The minimum atomic E-state index is -0.464. The SMILES string of the molecule is O=C(CN(C(=O)c1csnn1)c1ccc(F)cc1)NCCc1ccccc1. The van der Waals surface area contributed by atoms with Crippen LogP contribution >= 0.6 is 11.5 Å². The molecule has 0 fully saturated rings. The lowest BCUT2D eigenvalue weighted by molar-refractivity contribution is -0.119. The summed E-state index contributed by atoms with van der Waals surface area (Å²) in [5.74, 6) is -1.20. The van der Waals surface area contributed by atoms with E-state index in [0.717, 1.165) is 17.1 Å². The van der Waals surface area contributed by atoms with Gasteiger partial charge in [-0.25, -0.2) is 4.39 Å². The smallest absolute Gasteiger partial charge is 0.280 e. The zero-order valence-electron chi connectivity index (χ0n) is 14.3. The van der Waals surface area contributed by atoms with Gasteiger partial charge in [0.05, 0.1) is 0 Å². The number of benzene rings is 2. The average Bonchev–Trinajstić information content (AvgIpc) is 3.22. The molecule has 0 saturated heterocycles. The summed E-state index contributed by atoms with van der Waals surface area (Å²) in [4.78, 5) is 26.3. The first-order valence-electron chi connectivity index (χ1n) is 8.28. The molecule has 0 atom stereocenters. The number of rotatable bonds is 7. The summed E-state index contributed by atoms with van der Waals surface area (Å²) in [6.07, 6.45) is 0.688. The number of anilines is 1. The Labute approximate surface area is 159 Å². The van der Waals surface area contributed by atoms with Crippen LogP contribution in [0.25, 0.3) is 0 Å². The fourth-order valence-electron chi connectivity index (χ4n) is 2.49. The van der Waals surface area contributed by atoms with E-state index in [0.29, 0.717) is 18.7 Å². The van der Waals surface area contributed by atoms with Crippen LogP contribution in [-0.2, 0) is 11.2 Å². The monoisotopic (exact) mass is 384 g/mol. The molecule has 3 aromatic rings. The number of carbonyl (C=O) groups excluding carboxylic acids is 2. The molecule has 0 aliphatic rings. The maximum absolute atomic E-state index is 13.2. The van der Waals surface area contributed by atoms with E-state index in [2.05, 4.69) is 14.9 Å². The minimum Gasteiger partial charge on any atom is -0.354 e. The number of hydrogen-bond acceptors (Lipinski definition) is 5. The Morgan fingerprint density at radius 1 is 1.07 bits per heavy atom. The molecule has 0 spiro atoms. The first-order valence-corrected chi connectivity index (χ1v) is 9.12. The predicted octanol–water partition coefficient (Wildman–Crippen LogP) is 2.68. The Balaban J connectivity index is 1.66. The molecule has 6 nitrogen and oxygen atoms in total. The molecular weight excluding hydrogens is 367 g/mol. The Morgan fingerprint density at radius 3 is 2.48 bits per heavy atom.